The average Bonchev–Trinajstić information content (AvgIpc) is 3.42. The summed E-state index contributed by atoms with van der Waals surface area (Å²) in [6.45, 7) is 0. The van der Waals surface area contributed by atoms with Gasteiger partial charge in [0.05, 0.1) is 5.39 Å². The highest BCUT2D eigenvalue weighted by atomic mass is 32.2. The van der Waals surface area contributed by atoms with Gasteiger partial charge in [0.1, 0.15) is 17.0 Å². The third-order valence-corrected chi connectivity index (χ3v) is 7.24. The van der Waals surface area contributed by atoms with Gasteiger partial charge in [0.2, 0.25) is 0 Å². The molecule has 1 aromatic carbocycles. The molecule has 4 heterocycles. The first-order valence-corrected chi connectivity index (χ1v) is 10.5. The van der Waals surface area contributed by atoms with Crippen LogP contribution in [-0.4, -0.2) is 29.2 Å². The quantitative estimate of drug-likeness (QED) is 0.433. The van der Waals surface area contributed by atoms with E-state index >= 15 is 0 Å². The minimum Gasteiger partial charge on any atom is -0.244 e. The lowest BCUT2D eigenvalue weighted by atomic mass is 10.2. The molecule has 0 saturated carbocycles. The van der Waals surface area contributed by atoms with Crippen molar-refractivity contribution in [1.29, 1.82) is 0 Å². The van der Waals surface area contributed by atoms with Gasteiger partial charge in [-0.25, -0.2) is 13.8 Å². The topological polar surface area (TPSA) is 60.4 Å². The summed E-state index contributed by atoms with van der Waals surface area (Å²) in [7, 11) is 0. The molecule has 6 rings (SSSR count). The molecule has 0 saturated heterocycles. The van der Waals surface area contributed by atoms with Crippen LogP contribution in [0.15, 0.2) is 35.7 Å². The first-order valence-electron chi connectivity index (χ1n) is 8.68. The predicted octanol–water partition coefficient (Wildman–Crippen LogP) is 3.91. The van der Waals surface area contributed by atoms with Gasteiger partial charge in [-0.2, -0.15) is 9.61 Å². The smallest absolute Gasteiger partial charge is 0.244 e. The molecule has 0 radical (unpaired) electrons. The fourth-order valence-corrected chi connectivity index (χ4v) is 6.07. The Morgan fingerprint density at radius 3 is 2.93 bits per heavy atom. The second-order valence-corrected chi connectivity index (χ2v) is 8.59. The first-order chi connectivity index (χ1) is 13.3. The summed E-state index contributed by atoms with van der Waals surface area (Å²) in [4.78, 5) is 7.07. The van der Waals surface area contributed by atoms with Crippen molar-refractivity contribution in [3.05, 3.63) is 52.4 Å². The van der Waals surface area contributed by atoms with Crippen LogP contribution in [0, 0.1) is 5.82 Å². The number of fused-ring (bicyclic) bond motifs is 8. The Hall–Kier alpha value is -2.52. The zero-order chi connectivity index (χ0) is 18.0. The van der Waals surface area contributed by atoms with Crippen LogP contribution in [0.4, 0.5) is 4.39 Å². The van der Waals surface area contributed by atoms with E-state index in [-0.39, 0.29) is 5.82 Å². The number of nitrogens with zero attached hydrogens (tertiary/aromatic N) is 6. The highest BCUT2D eigenvalue weighted by Gasteiger charge is 2.25. The molecule has 0 unspecified atom stereocenters. The lowest BCUT2D eigenvalue weighted by Gasteiger charge is -2.04. The van der Waals surface area contributed by atoms with Gasteiger partial charge in [-0.05, 0) is 42.5 Å². The van der Waals surface area contributed by atoms with E-state index in [0.29, 0.717) is 11.5 Å². The number of aromatic nitrogens is 6. The summed E-state index contributed by atoms with van der Waals surface area (Å²) in [5, 5.41) is 15.2. The number of aryl methyl sites for hydroxylation is 2. The number of thiophene rings is 1. The van der Waals surface area contributed by atoms with Gasteiger partial charge < -0.3 is 0 Å². The molecule has 1 aliphatic carbocycles. The van der Waals surface area contributed by atoms with Crippen molar-refractivity contribution in [2.24, 2.45) is 0 Å². The second kappa shape index (κ2) is 5.74. The highest BCUT2D eigenvalue weighted by Crippen LogP contribution is 2.40. The average molecular weight is 396 g/mol. The summed E-state index contributed by atoms with van der Waals surface area (Å²) in [5.74, 6) is 1.15. The number of hydrogen-bond acceptors (Lipinski definition) is 6. The number of halogens is 1. The van der Waals surface area contributed by atoms with Gasteiger partial charge >= 0.3 is 0 Å². The molecule has 0 fully saturated rings. The van der Waals surface area contributed by atoms with E-state index in [1.807, 2.05) is 11.3 Å². The number of rotatable bonds is 3. The van der Waals surface area contributed by atoms with E-state index < -0.39 is 0 Å². The largest absolute Gasteiger partial charge is 0.260 e. The normalized spacial score (nSPS) is 14.0. The van der Waals surface area contributed by atoms with Crippen LogP contribution in [0.2, 0.25) is 0 Å². The Balaban J connectivity index is 1.54. The maximum atomic E-state index is 13.1. The van der Waals surface area contributed by atoms with Crippen molar-refractivity contribution >= 4 is 44.7 Å². The van der Waals surface area contributed by atoms with E-state index in [2.05, 4.69) is 24.7 Å². The molecule has 134 valence electrons. The zero-order valence-electron chi connectivity index (χ0n) is 14.1. The molecule has 0 spiro atoms. The SMILES string of the molecule is Fc1ccc(CSc2nnc3n4ncnc4c4c5c(sc4n23)CCC5)cc1. The number of thioether (sulfide) groups is 1. The number of hydrogen-bond donors (Lipinski definition) is 0. The van der Waals surface area contributed by atoms with Crippen LogP contribution in [0.3, 0.4) is 0 Å². The Morgan fingerprint density at radius 2 is 2.04 bits per heavy atom. The minimum atomic E-state index is -0.222. The third-order valence-electron chi connectivity index (χ3n) is 4.96. The molecule has 0 bridgehead atoms. The lowest BCUT2D eigenvalue weighted by molar-refractivity contribution is 0.627. The fraction of sp³-hybridized carbons (Fsp3) is 0.222. The monoisotopic (exact) mass is 396 g/mol. The molecular weight excluding hydrogens is 383 g/mol. The molecule has 9 heteroatoms. The molecule has 4 aromatic heterocycles. The third kappa shape index (κ3) is 2.24. The molecule has 0 atom stereocenters. The first kappa shape index (κ1) is 15.5. The Morgan fingerprint density at radius 1 is 1.15 bits per heavy atom. The highest BCUT2D eigenvalue weighted by molar-refractivity contribution is 7.98. The van der Waals surface area contributed by atoms with E-state index in [1.54, 1.807) is 34.7 Å². The Kier molecular flexibility index (Phi) is 3.30. The maximum Gasteiger partial charge on any atom is 0.260 e. The summed E-state index contributed by atoms with van der Waals surface area (Å²) < 4.78 is 17.0. The van der Waals surface area contributed by atoms with Crippen LogP contribution >= 0.6 is 23.1 Å². The molecule has 0 aliphatic heterocycles. The Bertz CT molecular complexity index is 1320. The van der Waals surface area contributed by atoms with Crippen molar-refractivity contribution in [3.63, 3.8) is 0 Å². The second-order valence-electron chi connectivity index (χ2n) is 6.57. The molecular formula is C18H13FN6S2. The molecule has 27 heavy (non-hydrogen) atoms. The number of benzene rings is 1. The maximum absolute atomic E-state index is 13.1. The van der Waals surface area contributed by atoms with E-state index in [4.69, 9.17) is 0 Å². The fourth-order valence-electron chi connectivity index (χ4n) is 3.74. The van der Waals surface area contributed by atoms with Crippen LogP contribution in [-0.2, 0) is 18.6 Å². The predicted molar refractivity (Wildman–Crippen MR) is 103 cm³/mol. The van der Waals surface area contributed by atoms with E-state index in [0.717, 1.165) is 34.0 Å². The molecule has 1 aliphatic rings. The molecule has 0 N–H and O–H groups in total. The molecule has 6 nitrogen and oxygen atoms in total. The van der Waals surface area contributed by atoms with Gasteiger partial charge in [0.15, 0.2) is 10.8 Å². The van der Waals surface area contributed by atoms with Crippen molar-refractivity contribution in [3.8, 4) is 0 Å². The van der Waals surface area contributed by atoms with Crippen molar-refractivity contribution < 1.29 is 4.39 Å². The van der Waals surface area contributed by atoms with Crippen LogP contribution in [0.5, 0.6) is 0 Å². The van der Waals surface area contributed by atoms with Crippen LogP contribution in [0.25, 0.3) is 21.6 Å². The van der Waals surface area contributed by atoms with E-state index in [9.17, 15) is 4.39 Å². The molecule has 0 amide bonds. The summed E-state index contributed by atoms with van der Waals surface area (Å²) in [6, 6.07) is 6.57. The minimum absolute atomic E-state index is 0.222. The van der Waals surface area contributed by atoms with E-state index in [1.165, 1.54) is 34.4 Å². The standard InChI is InChI=1S/C18H13FN6S2/c19-11-6-4-10(5-7-11)8-26-18-23-22-17-24(18)16-14(15-20-9-21-25(15)17)12-2-1-3-13(12)27-16/h4-7,9H,1-3,8H2. The summed E-state index contributed by atoms with van der Waals surface area (Å²) >= 11 is 3.41. The lowest BCUT2D eigenvalue weighted by Crippen LogP contribution is -1.99. The van der Waals surface area contributed by atoms with Crippen LogP contribution in [0.1, 0.15) is 22.4 Å². The van der Waals surface area contributed by atoms with Gasteiger partial charge in [-0.1, -0.05) is 23.9 Å². The van der Waals surface area contributed by atoms with Crippen LogP contribution < -0.4 is 0 Å². The Labute approximate surface area is 161 Å². The summed E-state index contributed by atoms with van der Waals surface area (Å²) in [5.41, 5.74) is 3.31. The van der Waals surface area contributed by atoms with Gasteiger partial charge in [-0.15, -0.1) is 21.5 Å². The van der Waals surface area contributed by atoms with Crippen molar-refractivity contribution in [2.75, 3.05) is 0 Å². The zero-order valence-corrected chi connectivity index (χ0v) is 15.7. The van der Waals surface area contributed by atoms with Gasteiger partial charge in [-0.3, -0.25) is 0 Å². The molecule has 5 aromatic rings. The van der Waals surface area contributed by atoms with Crippen molar-refractivity contribution in [2.45, 2.75) is 30.2 Å². The van der Waals surface area contributed by atoms with Gasteiger partial charge in [0.25, 0.3) is 5.78 Å². The van der Waals surface area contributed by atoms with Gasteiger partial charge in [0, 0.05) is 10.6 Å². The summed E-state index contributed by atoms with van der Waals surface area (Å²) in [6.07, 6.45) is 4.98. The van der Waals surface area contributed by atoms with Crippen molar-refractivity contribution in [1.82, 2.24) is 29.2 Å².